The number of nitrogens with zero attached hydrogens (tertiary/aromatic N) is 2. The Kier molecular flexibility index (Phi) is 5.24. The van der Waals surface area contributed by atoms with E-state index >= 15 is 0 Å². The van der Waals surface area contributed by atoms with Crippen molar-refractivity contribution in [3.8, 4) is 16.8 Å². The molecule has 3 aromatic rings. The van der Waals surface area contributed by atoms with E-state index in [1.165, 1.54) is 24.4 Å². The smallest absolute Gasteiger partial charge is 0.267 e. The molecule has 3 rings (SSSR count). The lowest BCUT2D eigenvalue weighted by atomic mass is 10.0. The molecule has 5 nitrogen and oxygen atoms in total. The van der Waals surface area contributed by atoms with Gasteiger partial charge >= 0.3 is 0 Å². The normalized spacial score (nSPS) is 11.9. The summed E-state index contributed by atoms with van der Waals surface area (Å²) in [5, 5.41) is 4.07. The SMILES string of the molecule is C/C=C\c1c(-c2ccc(S(C)(=O)=O)cc2)cnn(-c2ccc(F)c(F)c2)c1=O. The monoisotopic (exact) mass is 402 g/mol. The fourth-order valence-corrected chi connectivity index (χ4v) is 3.34. The highest BCUT2D eigenvalue weighted by Gasteiger charge is 2.14. The second-order valence-corrected chi connectivity index (χ2v) is 8.10. The summed E-state index contributed by atoms with van der Waals surface area (Å²) in [5.41, 5.74) is 0.946. The molecule has 0 aliphatic carbocycles. The van der Waals surface area contributed by atoms with Gasteiger partial charge in [0.15, 0.2) is 21.5 Å². The molecule has 144 valence electrons. The summed E-state index contributed by atoms with van der Waals surface area (Å²) in [6, 6.07) is 9.14. The molecule has 0 atom stereocenters. The van der Waals surface area contributed by atoms with Crippen LogP contribution in [-0.2, 0) is 9.84 Å². The Hall–Kier alpha value is -3.13. The summed E-state index contributed by atoms with van der Waals surface area (Å²) in [5.74, 6) is -2.10. The average molecular weight is 402 g/mol. The maximum Gasteiger partial charge on any atom is 0.279 e. The lowest BCUT2D eigenvalue weighted by molar-refractivity contribution is 0.507. The minimum atomic E-state index is -3.34. The van der Waals surface area contributed by atoms with Crippen molar-refractivity contribution >= 4 is 15.9 Å². The van der Waals surface area contributed by atoms with Gasteiger partial charge in [-0.25, -0.2) is 17.2 Å². The first-order valence-corrected chi connectivity index (χ1v) is 10.1. The van der Waals surface area contributed by atoms with Crippen molar-refractivity contribution in [1.29, 1.82) is 0 Å². The highest BCUT2D eigenvalue weighted by atomic mass is 32.2. The first-order chi connectivity index (χ1) is 13.2. The van der Waals surface area contributed by atoms with Gasteiger partial charge in [0.1, 0.15) is 0 Å². The Labute approximate surface area is 160 Å². The number of halogens is 2. The van der Waals surface area contributed by atoms with E-state index in [1.54, 1.807) is 31.2 Å². The van der Waals surface area contributed by atoms with Gasteiger partial charge in [0.25, 0.3) is 5.56 Å². The second kappa shape index (κ2) is 7.47. The summed E-state index contributed by atoms with van der Waals surface area (Å²) < 4.78 is 50.9. The lowest BCUT2D eigenvalue weighted by Crippen LogP contribution is -2.24. The highest BCUT2D eigenvalue weighted by molar-refractivity contribution is 7.90. The topological polar surface area (TPSA) is 69.0 Å². The van der Waals surface area contributed by atoms with Crippen LogP contribution < -0.4 is 5.56 Å². The van der Waals surface area contributed by atoms with Crippen LogP contribution in [0.2, 0.25) is 0 Å². The fourth-order valence-electron chi connectivity index (χ4n) is 2.71. The van der Waals surface area contributed by atoms with Gasteiger partial charge in [0.2, 0.25) is 0 Å². The Morgan fingerprint density at radius 2 is 1.71 bits per heavy atom. The van der Waals surface area contributed by atoms with E-state index in [0.717, 1.165) is 23.1 Å². The van der Waals surface area contributed by atoms with Gasteiger partial charge in [0.05, 0.1) is 22.3 Å². The maximum absolute atomic E-state index is 13.5. The maximum atomic E-state index is 13.5. The zero-order valence-corrected chi connectivity index (χ0v) is 15.9. The number of allylic oxidation sites excluding steroid dienone is 1. The zero-order valence-electron chi connectivity index (χ0n) is 15.1. The van der Waals surface area contributed by atoms with E-state index in [2.05, 4.69) is 5.10 Å². The van der Waals surface area contributed by atoms with Crippen LogP contribution in [0.15, 0.2) is 64.4 Å². The molecule has 0 amide bonds. The zero-order chi connectivity index (χ0) is 20.5. The number of hydrogen-bond donors (Lipinski definition) is 0. The summed E-state index contributed by atoms with van der Waals surface area (Å²) in [7, 11) is -3.34. The predicted octanol–water partition coefficient (Wildman–Crippen LogP) is 3.61. The van der Waals surface area contributed by atoms with E-state index in [-0.39, 0.29) is 16.1 Å². The molecule has 2 aromatic carbocycles. The van der Waals surface area contributed by atoms with Crippen LogP contribution >= 0.6 is 0 Å². The summed E-state index contributed by atoms with van der Waals surface area (Å²) in [6.07, 6.45) is 5.78. The summed E-state index contributed by atoms with van der Waals surface area (Å²) in [4.78, 5) is 13.1. The Balaban J connectivity index is 2.17. The number of aromatic nitrogens is 2. The van der Waals surface area contributed by atoms with Crippen molar-refractivity contribution in [3.63, 3.8) is 0 Å². The van der Waals surface area contributed by atoms with Gasteiger partial charge in [0, 0.05) is 17.9 Å². The number of sulfone groups is 1. The molecular weight excluding hydrogens is 386 g/mol. The van der Waals surface area contributed by atoms with Gasteiger partial charge in [-0.3, -0.25) is 4.79 Å². The molecule has 0 aliphatic heterocycles. The number of hydrogen-bond acceptors (Lipinski definition) is 4. The van der Waals surface area contributed by atoms with Crippen LogP contribution in [0.1, 0.15) is 12.5 Å². The highest BCUT2D eigenvalue weighted by Crippen LogP contribution is 2.24. The van der Waals surface area contributed by atoms with Crippen LogP contribution in [0.25, 0.3) is 22.9 Å². The molecule has 1 aromatic heterocycles. The fraction of sp³-hybridized carbons (Fsp3) is 0.100. The summed E-state index contributed by atoms with van der Waals surface area (Å²) in [6.45, 7) is 1.73. The molecule has 1 heterocycles. The number of rotatable bonds is 4. The average Bonchev–Trinajstić information content (AvgIpc) is 2.65. The summed E-state index contributed by atoms with van der Waals surface area (Å²) >= 11 is 0. The minimum absolute atomic E-state index is 0.0913. The van der Waals surface area contributed by atoms with Crippen LogP contribution in [-0.4, -0.2) is 24.5 Å². The van der Waals surface area contributed by atoms with Gasteiger partial charge in [-0.15, -0.1) is 0 Å². The van der Waals surface area contributed by atoms with Crippen LogP contribution in [0.3, 0.4) is 0 Å². The quantitative estimate of drug-likeness (QED) is 0.669. The van der Waals surface area contributed by atoms with Crippen molar-refractivity contribution in [2.24, 2.45) is 0 Å². The predicted molar refractivity (Wildman–Crippen MR) is 103 cm³/mol. The molecule has 28 heavy (non-hydrogen) atoms. The van der Waals surface area contributed by atoms with Crippen molar-refractivity contribution in [2.75, 3.05) is 6.26 Å². The third kappa shape index (κ3) is 3.77. The molecule has 0 aliphatic rings. The van der Waals surface area contributed by atoms with Gasteiger partial charge in [-0.1, -0.05) is 24.3 Å². The molecule has 0 fully saturated rings. The van der Waals surface area contributed by atoms with Crippen LogP contribution in [0.5, 0.6) is 0 Å². The van der Waals surface area contributed by atoms with E-state index in [1.807, 2.05) is 0 Å². The molecule has 0 spiro atoms. The third-order valence-electron chi connectivity index (χ3n) is 4.09. The van der Waals surface area contributed by atoms with Gasteiger partial charge in [-0.2, -0.15) is 9.78 Å². The molecule has 0 bridgehead atoms. The molecule has 0 saturated carbocycles. The van der Waals surface area contributed by atoms with E-state index < -0.39 is 27.0 Å². The van der Waals surface area contributed by atoms with Gasteiger partial charge in [-0.05, 0) is 36.8 Å². The Morgan fingerprint density at radius 3 is 2.29 bits per heavy atom. The van der Waals surface area contributed by atoms with Crippen LogP contribution in [0, 0.1) is 11.6 Å². The Morgan fingerprint density at radius 1 is 1.04 bits per heavy atom. The molecule has 8 heteroatoms. The molecule has 0 unspecified atom stereocenters. The first-order valence-electron chi connectivity index (χ1n) is 8.23. The van der Waals surface area contributed by atoms with Gasteiger partial charge < -0.3 is 0 Å². The number of benzene rings is 2. The minimum Gasteiger partial charge on any atom is -0.267 e. The van der Waals surface area contributed by atoms with E-state index in [9.17, 15) is 22.0 Å². The molecule has 0 saturated heterocycles. The van der Waals surface area contributed by atoms with E-state index in [0.29, 0.717) is 11.1 Å². The standard InChI is InChI=1S/C20H16F2N2O3S/c1-3-4-16-17(13-5-8-15(9-6-13)28(2,26)27)12-23-24(20(16)25)14-7-10-18(21)19(22)11-14/h3-12H,1-2H3/b4-3-. The van der Waals surface area contributed by atoms with Crippen molar-refractivity contribution in [1.82, 2.24) is 9.78 Å². The van der Waals surface area contributed by atoms with Crippen molar-refractivity contribution in [2.45, 2.75) is 11.8 Å². The van der Waals surface area contributed by atoms with Crippen LogP contribution in [0.4, 0.5) is 8.78 Å². The molecular formula is C20H16F2N2O3S. The lowest BCUT2D eigenvalue weighted by Gasteiger charge is -2.11. The third-order valence-corrected chi connectivity index (χ3v) is 5.22. The van der Waals surface area contributed by atoms with Crippen molar-refractivity contribution in [3.05, 3.63) is 82.3 Å². The van der Waals surface area contributed by atoms with Crippen molar-refractivity contribution < 1.29 is 17.2 Å². The largest absolute Gasteiger partial charge is 0.279 e. The molecule has 0 N–H and O–H groups in total. The van der Waals surface area contributed by atoms with E-state index in [4.69, 9.17) is 0 Å². The molecule has 0 radical (unpaired) electrons. The second-order valence-electron chi connectivity index (χ2n) is 6.08. The Bertz CT molecular complexity index is 1230. The first kappa shape index (κ1) is 19.6.